The molecule has 4 nitrogen and oxygen atoms in total. The van der Waals surface area contributed by atoms with Gasteiger partial charge in [-0.1, -0.05) is 24.3 Å². The van der Waals surface area contributed by atoms with Crippen LogP contribution >= 0.6 is 0 Å². The second kappa shape index (κ2) is 6.48. The first-order chi connectivity index (χ1) is 10.3. The first kappa shape index (κ1) is 14.4. The predicted octanol–water partition coefficient (Wildman–Crippen LogP) is 2.50. The van der Waals surface area contributed by atoms with E-state index in [1.807, 2.05) is 0 Å². The Kier molecular flexibility index (Phi) is 4.44. The lowest BCUT2D eigenvalue weighted by Gasteiger charge is -2.36. The Labute approximate surface area is 127 Å². The summed E-state index contributed by atoms with van der Waals surface area (Å²) in [6, 6.07) is 9.14. The molecule has 1 N–H and O–H groups in total. The van der Waals surface area contributed by atoms with Gasteiger partial charge in [0.2, 0.25) is 0 Å². The van der Waals surface area contributed by atoms with Gasteiger partial charge in [0.15, 0.2) is 5.96 Å². The maximum atomic E-state index is 6.00. The molecule has 1 aromatic carbocycles. The van der Waals surface area contributed by atoms with E-state index in [9.17, 15) is 0 Å². The Balaban J connectivity index is 1.72. The Morgan fingerprint density at radius 3 is 2.90 bits per heavy atom. The van der Waals surface area contributed by atoms with Crippen LogP contribution in [0.4, 0.5) is 0 Å². The van der Waals surface area contributed by atoms with Crippen LogP contribution in [-0.2, 0) is 4.74 Å². The molecule has 1 aliphatic carbocycles. The van der Waals surface area contributed by atoms with E-state index in [0.29, 0.717) is 6.04 Å². The number of hydrogen-bond donors (Lipinski definition) is 1. The van der Waals surface area contributed by atoms with Crippen molar-refractivity contribution in [2.75, 3.05) is 26.2 Å². The fourth-order valence-electron chi connectivity index (χ4n) is 2.77. The standard InChI is InChI=1S/C17H25N3O/c1-3-18-17(19-14-8-9-14)20-10-11-21-16(12-20)15-7-5-4-6-13(15)2/h4-7,14,16H,3,8-12H2,1-2H3,(H,18,19). The lowest BCUT2D eigenvalue weighted by atomic mass is 10.0. The van der Waals surface area contributed by atoms with Gasteiger partial charge in [0, 0.05) is 19.1 Å². The van der Waals surface area contributed by atoms with Crippen LogP contribution in [0.3, 0.4) is 0 Å². The highest BCUT2D eigenvalue weighted by atomic mass is 16.5. The number of ether oxygens (including phenoxy) is 1. The third kappa shape index (κ3) is 3.56. The van der Waals surface area contributed by atoms with Crippen LogP contribution in [-0.4, -0.2) is 43.1 Å². The average Bonchev–Trinajstić information content (AvgIpc) is 3.31. The van der Waals surface area contributed by atoms with Gasteiger partial charge in [-0.3, -0.25) is 4.99 Å². The molecule has 114 valence electrons. The Morgan fingerprint density at radius 2 is 2.19 bits per heavy atom. The van der Waals surface area contributed by atoms with Gasteiger partial charge < -0.3 is 15.0 Å². The van der Waals surface area contributed by atoms with Gasteiger partial charge in [-0.05, 0) is 37.8 Å². The van der Waals surface area contributed by atoms with Gasteiger partial charge in [0.05, 0.1) is 13.2 Å². The number of aliphatic imine (C=N–C) groups is 1. The van der Waals surface area contributed by atoms with Gasteiger partial charge >= 0.3 is 0 Å². The zero-order valence-electron chi connectivity index (χ0n) is 13.0. The van der Waals surface area contributed by atoms with E-state index in [-0.39, 0.29) is 6.10 Å². The third-order valence-electron chi connectivity index (χ3n) is 4.12. The summed E-state index contributed by atoms with van der Waals surface area (Å²) in [6.07, 6.45) is 2.69. The van der Waals surface area contributed by atoms with Crippen LogP contribution in [0.25, 0.3) is 0 Å². The van der Waals surface area contributed by atoms with E-state index in [1.165, 1.54) is 24.0 Å². The summed E-state index contributed by atoms with van der Waals surface area (Å²) in [4.78, 5) is 7.00. The smallest absolute Gasteiger partial charge is 0.194 e. The van der Waals surface area contributed by atoms with Crippen molar-refractivity contribution in [2.24, 2.45) is 4.99 Å². The third-order valence-corrected chi connectivity index (χ3v) is 4.12. The minimum absolute atomic E-state index is 0.142. The number of nitrogens with zero attached hydrogens (tertiary/aromatic N) is 2. The molecule has 2 aliphatic rings. The van der Waals surface area contributed by atoms with Crippen molar-refractivity contribution >= 4 is 5.96 Å². The molecule has 0 radical (unpaired) electrons. The molecular formula is C17H25N3O. The highest BCUT2D eigenvalue weighted by Crippen LogP contribution is 2.26. The molecule has 1 saturated carbocycles. The Bertz CT molecular complexity index is 511. The van der Waals surface area contributed by atoms with Gasteiger partial charge in [0.1, 0.15) is 6.10 Å². The topological polar surface area (TPSA) is 36.9 Å². The number of aryl methyl sites for hydroxylation is 1. The largest absolute Gasteiger partial charge is 0.370 e. The minimum atomic E-state index is 0.142. The normalized spacial score (nSPS) is 23.2. The van der Waals surface area contributed by atoms with Crippen molar-refractivity contribution in [3.63, 3.8) is 0 Å². The monoisotopic (exact) mass is 287 g/mol. The summed E-state index contributed by atoms with van der Waals surface area (Å²) in [5, 5.41) is 3.57. The van der Waals surface area contributed by atoms with Crippen molar-refractivity contribution in [1.29, 1.82) is 0 Å². The summed E-state index contributed by atoms with van der Waals surface area (Å²) >= 11 is 0. The molecule has 4 heteroatoms. The predicted molar refractivity (Wildman–Crippen MR) is 85.6 cm³/mol. The SMILES string of the molecule is CCN=C(NC1CC1)N1CCOC(c2ccccc2C)C1. The number of benzene rings is 1. The van der Waals surface area contributed by atoms with Crippen LogP contribution in [0.2, 0.25) is 0 Å². The summed E-state index contributed by atoms with van der Waals surface area (Å²) < 4.78 is 6.00. The fraction of sp³-hybridized carbons (Fsp3) is 0.588. The molecule has 1 heterocycles. The average molecular weight is 287 g/mol. The highest BCUT2D eigenvalue weighted by molar-refractivity contribution is 5.80. The van der Waals surface area contributed by atoms with Crippen LogP contribution < -0.4 is 5.32 Å². The number of morpholine rings is 1. The van der Waals surface area contributed by atoms with Crippen molar-refractivity contribution in [3.8, 4) is 0 Å². The van der Waals surface area contributed by atoms with Crippen LogP contribution in [0, 0.1) is 6.92 Å². The fourth-order valence-corrected chi connectivity index (χ4v) is 2.77. The van der Waals surface area contributed by atoms with Crippen LogP contribution in [0.5, 0.6) is 0 Å². The maximum Gasteiger partial charge on any atom is 0.194 e. The molecule has 2 fully saturated rings. The zero-order valence-corrected chi connectivity index (χ0v) is 13.0. The van der Waals surface area contributed by atoms with Crippen molar-refractivity contribution in [3.05, 3.63) is 35.4 Å². The molecule has 0 aromatic heterocycles. The molecule has 1 atom stereocenters. The summed E-state index contributed by atoms with van der Waals surface area (Å²) in [5.41, 5.74) is 2.60. The maximum absolute atomic E-state index is 6.00. The lowest BCUT2D eigenvalue weighted by Crippen LogP contribution is -2.49. The Morgan fingerprint density at radius 1 is 1.38 bits per heavy atom. The zero-order chi connectivity index (χ0) is 14.7. The van der Waals surface area contributed by atoms with Crippen LogP contribution in [0.1, 0.15) is 37.0 Å². The Hall–Kier alpha value is -1.55. The first-order valence-corrected chi connectivity index (χ1v) is 8.01. The first-order valence-electron chi connectivity index (χ1n) is 8.01. The second-order valence-corrected chi connectivity index (χ2v) is 5.88. The van der Waals surface area contributed by atoms with Crippen LogP contribution in [0.15, 0.2) is 29.3 Å². The van der Waals surface area contributed by atoms with E-state index in [2.05, 4.69) is 53.3 Å². The molecule has 0 amide bonds. The van der Waals surface area contributed by atoms with E-state index in [1.54, 1.807) is 0 Å². The summed E-state index contributed by atoms with van der Waals surface area (Å²) in [7, 11) is 0. The van der Waals surface area contributed by atoms with Gasteiger partial charge in [-0.15, -0.1) is 0 Å². The number of hydrogen-bond acceptors (Lipinski definition) is 2. The second-order valence-electron chi connectivity index (χ2n) is 5.88. The van der Waals surface area contributed by atoms with E-state index in [4.69, 9.17) is 4.74 Å². The van der Waals surface area contributed by atoms with E-state index < -0.39 is 0 Å². The molecular weight excluding hydrogens is 262 g/mol. The molecule has 1 saturated heterocycles. The molecule has 1 unspecified atom stereocenters. The molecule has 21 heavy (non-hydrogen) atoms. The minimum Gasteiger partial charge on any atom is -0.370 e. The van der Waals surface area contributed by atoms with Gasteiger partial charge in [0.25, 0.3) is 0 Å². The number of rotatable bonds is 3. The molecule has 0 spiro atoms. The number of nitrogens with one attached hydrogen (secondary N) is 1. The van der Waals surface area contributed by atoms with Crippen molar-refractivity contribution in [2.45, 2.75) is 38.8 Å². The lowest BCUT2D eigenvalue weighted by molar-refractivity contribution is -0.00838. The van der Waals surface area contributed by atoms with Gasteiger partial charge in [-0.2, -0.15) is 0 Å². The summed E-state index contributed by atoms with van der Waals surface area (Å²) in [5.74, 6) is 1.06. The van der Waals surface area contributed by atoms with Gasteiger partial charge in [-0.25, -0.2) is 0 Å². The van der Waals surface area contributed by atoms with E-state index in [0.717, 1.165) is 32.2 Å². The van der Waals surface area contributed by atoms with Crippen molar-refractivity contribution in [1.82, 2.24) is 10.2 Å². The quantitative estimate of drug-likeness (QED) is 0.685. The van der Waals surface area contributed by atoms with Crippen molar-refractivity contribution < 1.29 is 4.74 Å². The molecule has 1 aromatic rings. The molecule has 0 bridgehead atoms. The number of guanidine groups is 1. The highest BCUT2D eigenvalue weighted by Gasteiger charge is 2.29. The molecule has 1 aliphatic heterocycles. The van der Waals surface area contributed by atoms with E-state index >= 15 is 0 Å². The molecule has 3 rings (SSSR count). The summed E-state index contributed by atoms with van der Waals surface area (Å²) in [6.45, 7) is 7.62.